The molecule has 1 atom stereocenters. The van der Waals surface area contributed by atoms with Gasteiger partial charge in [0.15, 0.2) is 0 Å². The van der Waals surface area contributed by atoms with Crippen molar-refractivity contribution in [1.29, 1.82) is 0 Å². The molecule has 0 spiro atoms. The van der Waals surface area contributed by atoms with Gasteiger partial charge >= 0.3 is 0 Å². The van der Waals surface area contributed by atoms with E-state index in [1.54, 1.807) is 17.1 Å². The van der Waals surface area contributed by atoms with Crippen LogP contribution in [-0.2, 0) is 0 Å². The number of halogens is 1. The summed E-state index contributed by atoms with van der Waals surface area (Å²) < 4.78 is 3.53. The van der Waals surface area contributed by atoms with Crippen molar-refractivity contribution in [3.63, 3.8) is 0 Å². The third-order valence-corrected chi connectivity index (χ3v) is 15.4. The Kier molecular flexibility index (Phi) is 10.1. The fraction of sp³-hybridized carbons (Fsp3) is 0.565. The van der Waals surface area contributed by atoms with Gasteiger partial charge in [-0.2, -0.15) is 10.2 Å². The molecule has 8 bridgehead atoms. The van der Waals surface area contributed by atoms with Crippen molar-refractivity contribution in [3.05, 3.63) is 89.3 Å². The Morgan fingerprint density at radius 2 is 1.11 bits per heavy atom. The molecule has 1 aliphatic heterocycles. The zero-order chi connectivity index (χ0) is 38.6. The molecule has 9 aliphatic rings. The predicted octanol–water partition coefficient (Wildman–Crippen LogP) is 7.72. The lowest BCUT2D eigenvalue weighted by Gasteiger charge is -2.54. The number of carbonyl (C=O) groups is 2. The predicted molar refractivity (Wildman–Crippen MR) is 221 cm³/mol. The van der Waals surface area contributed by atoms with Crippen molar-refractivity contribution >= 4 is 29.2 Å². The Labute approximate surface area is 340 Å². The van der Waals surface area contributed by atoms with Gasteiger partial charge in [-0.3, -0.25) is 9.59 Å². The highest BCUT2D eigenvalue weighted by molar-refractivity contribution is 6.33. The average Bonchev–Trinajstić information content (AvgIpc) is 3.85. The van der Waals surface area contributed by atoms with Gasteiger partial charge in [-0.15, -0.1) is 0 Å². The van der Waals surface area contributed by atoms with E-state index in [2.05, 4.69) is 25.7 Å². The van der Waals surface area contributed by atoms with Crippen molar-refractivity contribution in [2.45, 2.75) is 89.1 Å². The van der Waals surface area contributed by atoms with Crippen LogP contribution in [0.4, 0.5) is 5.82 Å². The molecule has 300 valence electrons. The Morgan fingerprint density at radius 1 is 0.649 bits per heavy atom. The molecule has 8 saturated carbocycles. The van der Waals surface area contributed by atoms with Crippen LogP contribution in [0.3, 0.4) is 0 Å². The molecule has 1 saturated heterocycles. The monoisotopic (exact) mass is 789 g/mol. The first-order chi connectivity index (χ1) is 27.9. The minimum atomic E-state index is -0.0790. The van der Waals surface area contributed by atoms with Gasteiger partial charge in [0.05, 0.1) is 29.3 Å². The number of nitrogens with zero attached hydrogens (tertiary/aromatic N) is 5. The third-order valence-electron chi connectivity index (χ3n) is 15.1. The first kappa shape index (κ1) is 37.1. The van der Waals surface area contributed by atoms with E-state index in [-0.39, 0.29) is 24.3 Å². The topological polar surface area (TPSA) is 117 Å². The fourth-order valence-corrected chi connectivity index (χ4v) is 13.3. The number of para-hydroxylation sites is 2. The summed E-state index contributed by atoms with van der Waals surface area (Å²) in [5.41, 5.74) is 2.96. The zero-order valence-electron chi connectivity index (χ0n) is 32.8. The van der Waals surface area contributed by atoms with E-state index < -0.39 is 0 Å². The van der Waals surface area contributed by atoms with Crippen molar-refractivity contribution in [3.8, 4) is 11.4 Å². The zero-order valence-corrected chi connectivity index (χ0v) is 33.5. The molecule has 3 heterocycles. The summed E-state index contributed by atoms with van der Waals surface area (Å²) in [5, 5.41) is 25.9. The Hall–Kier alpha value is -4.15. The van der Waals surface area contributed by atoms with Crippen LogP contribution in [0, 0.1) is 53.3 Å². The minimum Gasteiger partial charge on any atom is -0.396 e. The van der Waals surface area contributed by atoms with E-state index >= 15 is 0 Å². The number of aliphatic hydroxyl groups is 1. The molecule has 2 aromatic carbocycles. The number of benzene rings is 2. The first-order valence-electron chi connectivity index (χ1n) is 21.8. The highest BCUT2D eigenvalue weighted by Gasteiger charge is 2.50. The second-order valence-electron chi connectivity index (χ2n) is 18.7. The summed E-state index contributed by atoms with van der Waals surface area (Å²) in [6.07, 6.45) is 18.5. The number of carbonyl (C=O) groups excluding carboxylic acids is 2. The van der Waals surface area contributed by atoms with E-state index in [0.29, 0.717) is 52.0 Å². The second-order valence-corrected chi connectivity index (χ2v) is 19.1. The van der Waals surface area contributed by atoms with Crippen LogP contribution in [0.2, 0.25) is 5.15 Å². The van der Waals surface area contributed by atoms with Crippen LogP contribution < -0.4 is 15.5 Å². The molecule has 9 fully saturated rings. The molecule has 0 radical (unpaired) electrons. The number of hydrogen-bond donors (Lipinski definition) is 3. The van der Waals surface area contributed by atoms with Crippen molar-refractivity contribution in [2.75, 3.05) is 24.6 Å². The Bertz CT molecular complexity index is 2010. The van der Waals surface area contributed by atoms with E-state index in [0.717, 1.165) is 66.8 Å². The second kappa shape index (κ2) is 15.6. The largest absolute Gasteiger partial charge is 0.396 e. The van der Waals surface area contributed by atoms with Gasteiger partial charge in [0.2, 0.25) is 0 Å². The molecule has 3 N–H and O–H groups in total. The Morgan fingerprint density at radius 3 is 1.61 bits per heavy atom. The number of aromatic nitrogens is 4. The first-order valence-corrected chi connectivity index (χ1v) is 22.2. The number of hydrogen-bond acceptors (Lipinski definition) is 6. The average molecular weight is 790 g/mol. The molecule has 2 amide bonds. The van der Waals surface area contributed by atoms with Gasteiger partial charge < -0.3 is 20.6 Å². The van der Waals surface area contributed by atoms with Crippen molar-refractivity contribution < 1.29 is 14.7 Å². The summed E-state index contributed by atoms with van der Waals surface area (Å²) in [4.78, 5) is 28.8. The quantitative estimate of drug-likeness (QED) is 0.168. The molecule has 10 nitrogen and oxygen atoms in total. The summed E-state index contributed by atoms with van der Waals surface area (Å²) in [6.45, 7) is 1.83. The standard InChI is InChI=1S/C26H34N4O2.C20H22ClN3O/c31-16-17-5-4-8-29(15-17)26-23(14-27-30(26)22-6-2-1-3-7-22)25(32)28-24-20-10-18-9-19(12-20)13-21(24)11-18;21-19-17(11-22-24(19)16-4-2-1-3-5-16)20(25)23-18-14-7-12-6-13(9-14)10-15(18)8-12/h1-3,6-7,14,17-21,24,31H,4-5,8-13,15-16H2,(H,28,32);1-5,11-15,18H,6-10H2,(H,23,25). The highest BCUT2D eigenvalue weighted by Crippen LogP contribution is 2.55. The van der Waals surface area contributed by atoms with Crippen LogP contribution in [0.5, 0.6) is 0 Å². The molecule has 2 aromatic heterocycles. The molecule has 4 aromatic rings. The summed E-state index contributed by atoms with van der Waals surface area (Å²) in [5.74, 6) is 7.26. The van der Waals surface area contributed by atoms with E-state index in [4.69, 9.17) is 11.6 Å². The lowest BCUT2D eigenvalue weighted by atomic mass is 9.54. The van der Waals surface area contributed by atoms with E-state index in [1.807, 2.05) is 65.3 Å². The lowest BCUT2D eigenvalue weighted by Crippen LogP contribution is -2.55. The number of aliphatic hydroxyl groups excluding tert-OH is 1. The number of piperidine rings is 1. The van der Waals surface area contributed by atoms with Gasteiger partial charge in [0, 0.05) is 31.8 Å². The third kappa shape index (κ3) is 7.19. The summed E-state index contributed by atoms with van der Waals surface area (Å²) in [6, 6.07) is 20.4. The van der Waals surface area contributed by atoms with Crippen LogP contribution >= 0.6 is 11.6 Å². The molecular formula is C46H56ClN7O3. The number of anilines is 1. The van der Waals surface area contributed by atoms with E-state index in [9.17, 15) is 14.7 Å². The van der Waals surface area contributed by atoms with Gasteiger partial charge in [0.1, 0.15) is 16.5 Å². The Balaban J connectivity index is 0.000000143. The van der Waals surface area contributed by atoms with Crippen LogP contribution in [0.15, 0.2) is 73.1 Å². The fourth-order valence-electron chi connectivity index (χ4n) is 13.0. The highest BCUT2D eigenvalue weighted by atomic mass is 35.5. The molecular weight excluding hydrogens is 734 g/mol. The number of rotatable bonds is 8. The molecule has 57 heavy (non-hydrogen) atoms. The SMILES string of the molecule is O=C(NC1C2CC3CC(C2)CC1C3)c1cnn(-c2ccccc2)c1Cl.O=C(NC1C2CC3CC(C2)CC1C3)c1cnn(-c2ccccc2)c1N1CCCC(CO)C1. The normalized spacial score (nSPS) is 33.2. The van der Waals surface area contributed by atoms with Gasteiger partial charge in [-0.05, 0) is 155 Å². The maximum atomic E-state index is 13.7. The molecule has 8 aliphatic carbocycles. The van der Waals surface area contributed by atoms with E-state index in [1.165, 1.54) is 64.2 Å². The minimum absolute atomic E-state index is 0.0192. The lowest BCUT2D eigenvalue weighted by molar-refractivity contribution is -0.0119. The molecule has 1 unspecified atom stereocenters. The summed E-state index contributed by atoms with van der Waals surface area (Å²) >= 11 is 6.46. The van der Waals surface area contributed by atoms with Gasteiger partial charge in [-0.1, -0.05) is 48.0 Å². The summed E-state index contributed by atoms with van der Waals surface area (Å²) in [7, 11) is 0. The number of nitrogens with one attached hydrogen (secondary N) is 2. The van der Waals surface area contributed by atoms with Crippen molar-refractivity contribution in [2.24, 2.45) is 53.3 Å². The van der Waals surface area contributed by atoms with Gasteiger partial charge in [-0.25, -0.2) is 9.36 Å². The van der Waals surface area contributed by atoms with Crippen molar-refractivity contribution in [1.82, 2.24) is 30.2 Å². The molecule has 13 rings (SSSR count). The number of amides is 2. The smallest absolute Gasteiger partial charge is 0.256 e. The molecule has 11 heteroatoms. The maximum absolute atomic E-state index is 13.7. The maximum Gasteiger partial charge on any atom is 0.256 e. The van der Waals surface area contributed by atoms with Crippen LogP contribution in [0.1, 0.15) is 97.8 Å². The van der Waals surface area contributed by atoms with Crippen LogP contribution in [0.25, 0.3) is 11.4 Å². The van der Waals surface area contributed by atoms with Gasteiger partial charge in [0.25, 0.3) is 11.8 Å². The van der Waals surface area contributed by atoms with Crippen LogP contribution in [-0.4, -0.2) is 68.3 Å².